The van der Waals surface area contributed by atoms with Crippen molar-refractivity contribution in [3.63, 3.8) is 0 Å². The minimum absolute atomic E-state index is 0.213. The molecule has 0 bridgehead atoms. The van der Waals surface area contributed by atoms with Crippen LogP contribution < -0.4 is 9.47 Å². The van der Waals surface area contributed by atoms with Crippen molar-refractivity contribution in [1.82, 2.24) is 0 Å². The van der Waals surface area contributed by atoms with Gasteiger partial charge in [-0.2, -0.15) is 0 Å². The van der Waals surface area contributed by atoms with Crippen molar-refractivity contribution < 1.29 is 43.4 Å². The van der Waals surface area contributed by atoms with E-state index in [0.717, 1.165) is 28.2 Å². The van der Waals surface area contributed by atoms with E-state index < -0.39 is 29.5 Å². The summed E-state index contributed by atoms with van der Waals surface area (Å²) in [7, 11) is 4.77. The van der Waals surface area contributed by atoms with Gasteiger partial charge in [-0.25, -0.2) is 0 Å². The largest absolute Gasteiger partial charge is 0.497 e. The maximum Gasteiger partial charge on any atom is 0.205 e. The summed E-state index contributed by atoms with van der Waals surface area (Å²) in [6.45, 7) is 7.37. The van der Waals surface area contributed by atoms with E-state index in [2.05, 4.69) is 0 Å². The molecule has 1 saturated heterocycles. The number of benzene rings is 3. The van der Waals surface area contributed by atoms with Gasteiger partial charge in [0.25, 0.3) is 0 Å². The smallest absolute Gasteiger partial charge is 0.205 e. The van der Waals surface area contributed by atoms with Crippen LogP contribution in [0, 0.1) is 5.41 Å². The lowest BCUT2D eigenvalue weighted by molar-refractivity contribution is -0.367. The van der Waals surface area contributed by atoms with Crippen LogP contribution in [0.4, 0.5) is 0 Å². The van der Waals surface area contributed by atoms with Crippen molar-refractivity contribution in [3.05, 3.63) is 108 Å². The van der Waals surface area contributed by atoms with Gasteiger partial charge in [-0.1, -0.05) is 80.6 Å². The molecule has 4 rings (SSSR count). The quantitative estimate of drug-likeness (QED) is 0.121. The fraction of sp³-hybridized carbons (Fsp3) is 0.487. The Balaban J connectivity index is 1.45. The Bertz CT molecular complexity index is 1380. The number of rotatable bonds is 18. The minimum Gasteiger partial charge on any atom is -0.497 e. The van der Waals surface area contributed by atoms with Gasteiger partial charge in [-0.15, -0.1) is 0 Å². The Labute approximate surface area is 285 Å². The Morgan fingerprint density at radius 1 is 0.812 bits per heavy atom. The third kappa shape index (κ3) is 9.89. The van der Waals surface area contributed by atoms with Crippen molar-refractivity contribution in [2.24, 2.45) is 5.41 Å². The van der Waals surface area contributed by atoms with Gasteiger partial charge < -0.3 is 43.4 Å². The Morgan fingerprint density at radius 2 is 1.38 bits per heavy atom. The van der Waals surface area contributed by atoms with E-state index in [9.17, 15) is 10.2 Å². The highest BCUT2D eigenvalue weighted by atomic mass is 16.7. The van der Waals surface area contributed by atoms with Gasteiger partial charge in [0, 0.05) is 25.4 Å². The summed E-state index contributed by atoms with van der Waals surface area (Å²) in [6, 6.07) is 25.4. The lowest BCUT2D eigenvalue weighted by Crippen LogP contribution is -2.65. The van der Waals surface area contributed by atoms with E-state index in [1.165, 1.54) is 7.11 Å². The van der Waals surface area contributed by atoms with Crippen LogP contribution in [-0.4, -0.2) is 74.5 Å². The standard InChI is InChI=1S/C39H52O9/c1-28(46-26-29-11-8-7-9-12-29)36(47-27-31-15-19-33(43-5)20-16-31)24-34-23-35(40)37(41)39(44-6,48-34)38(2,3)21-10-22-45-25-30-13-17-32(42-4)18-14-30/h7-21,28,34-37,40-41H,22-27H2,1-6H3/b21-10+/t28-,34+,35?,36?,37+,39-/m1/s1. The molecule has 0 saturated carbocycles. The third-order valence-electron chi connectivity index (χ3n) is 8.98. The lowest BCUT2D eigenvalue weighted by atomic mass is 9.75. The Kier molecular flexibility index (Phi) is 14.0. The van der Waals surface area contributed by atoms with E-state index in [1.54, 1.807) is 14.2 Å². The van der Waals surface area contributed by atoms with Crippen molar-refractivity contribution in [2.45, 2.75) is 89.7 Å². The van der Waals surface area contributed by atoms with Gasteiger partial charge >= 0.3 is 0 Å². The molecular weight excluding hydrogens is 612 g/mol. The molecule has 48 heavy (non-hydrogen) atoms. The number of aliphatic hydroxyl groups is 2. The fourth-order valence-electron chi connectivity index (χ4n) is 6.04. The number of aliphatic hydroxyl groups excluding tert-OH is 2. The van der Waals surface area contributed by atoms with Crippen LogP contribution in [0.25, 0.3) is 0 Å². The molecule has 9 nitrogen and oxygen atoms in total. The predicted molar refractivity (Wildman–Crippen MR) is 184 cm³/mol. The first-order chi connectivity index (χ1) is 23.1. The van der Waals surface area contributed by atoms with Gasteiger partial charge in [0.2, 0.25) is 5.79 Å². The average molecular weight is 665 g/mol. The number of hydrogen-bond acceptors (Lipinski definition) is 9. The molecule has 0 aliphatic carbocycles. The summed E-state index contributed by atoms with van der Waals surface area (Å²) in [6.07, 6.45) is 0.867. The molecule has 2 N–H and O–H groups in total. The fourth-order valence-corrected chi connectivity index (χ4v) is 6.04. The van der Waals surface area contributed by atoms with Gasteiger partial charge in [-0.05, 0) is 47.9 Å². The maximum atomic E-state index is 11.3. The van der Waals surface area contributed by atoms with Crippen LogP contribution >= 0.6 is 0 Å². The molecule has 1 aliphatic rings. The molecule has 0 radical (unpaired) electrons. The normalized spacial score (nSPS) is 22.8. The summed E-state index contributed by atoms with van der Waals surface area (Å²) in [5.41, 5.74) is 2.23. The molecule has 262 valence electrons. The highest BCUT2D eigenvalue weighted by Crippen LogP contribution is 2.45. The van der Waals surface area contributed by atoms with Gasteiger partial charge in [0.15, 0.2) is 0 Å². The Morgan fingerprint density at radius 3 is 1.96 bits per heavy atom. The van der Waals surface area contributed by atoms with Gasteiger partial charge in [-0.3, -0.25) is 0 Å². The summed E-state index contributed by atoms with van der Waals surface area (Å²) >= 11 is 0. The highest BCUT2D eigenvalue weighted by Gasteiger charge is 2.58. The van der Waals surface area contributed by atoms with Crippen molar-refractivity contribution in [3.8, 4) is 11.5 Å². The first kappa shape index (κ1) is 37.5. The van der Waals surface area contributed by atoms with Crippen LogP contribution in [0.2, 0.25) is 0 Å². The van der Waals surface area contributed by atoms with Crippen LogP contribution in [0.15, 0.2) is 91.0 Å². The molecule has 1 fully saturated rings. The number of methoxy groups -OCH3 is 3. The molecule has 3 aromatic carbocycles. The first-order valence-corrected chi connectivity index (χ1v) is 16.5. The second-order valence-electron chi connectivity index (χ2n) is 12.8. The topological polar surface area (TPSA) is 105 Å². The van der Waals surface area contributed by atoms with Crippen LogP contribution in [-0.2, 0) is 43.5 Å². The van der Waals surface area contributed by atoms with Crippen molar-refractivity contribution in [1.29, 1.82) is 0 Å². The van der Waals surface area contributed by atoms with Gasteiger partial charge in [0.05, 0.1) is 65.1 Å². The van der Waals surface area contributed by atoms with E-state index in [0.29, 0.717) is 32.8 Å². The Hall–Kier alpha value is -3.28. The molecule has 0 spiro atoms. The average Bonchev–Trinajstić information content (AvgIpc) is 3.11. The molecular formula is C39H52O9. The summed E-state index contributed by atoms with van der Waals surface area (Å²) in [4.78, 5) is 0. The molecule has 1 aliphatic heterocycles. The predicted octanol–water partition coefficient (Wildman–Crippen LogP) is 6.24. The number of ether oxygens (including phenoxy) is 7. The molecule has 9 heteroatoms. The minimum atomic E-state index is -1.53. The van der Waals surface area contributed by atoms with Crippen molar-refractivity contribution >= 4 is 0 Å². The maximum absolute atomic E-state index is 11.3. The SMILES string of the molecule is COc1ccc(COC/C=C/C(C)(C)[C@]2(OC)O[C@H](CC(OCc3ccc(OC)cc3)[C@@H](C)OCc3ccccc3)CC(O)[C@@H]2O)cc1. The van der Waals surface area contributed by atoms with Gasteiger partial charge in [0.1, 0.15) is 17.6 Å². The summed E-state index contributed by atoms with van der Waals surface area (Å²) < 4.78 is 41.8. The molecule has 2 unspecified atom stereocenters. The molecule has 3 aromatic rings. The highest BCUT2D eigenvalue weighted by molar-refractivity contribution is 5.27. The van der Waals surface area contributed by atoms with E-state index >= 15 is 0 Å². The first-order valence-electron chi connectivity index (χ1n) is 16.5. The van der Waals surface area contributed by atoms with Crippen molar-refractivity contribution in [2.75, 3.05) is 27.9 Å². The zero-order valence-electron chi connectivity index (χ0n) is 29.0. The zero-order valence-corrected chi connectivity index (χ0v) is 29.0. The number of hydrogen-bond donors (Lipinski definition) is 2. The zero-order chi connectivity index (χ0) is 34.6. The summed E-state index contributed by atoms with van der Waals surface area (Å²) in [5, 5.41) is 22.5. The molecule has 1 heterocycles. The summed E-state index contributed by atoms with van der Waals surface area (Å²) in [5.74, 6) is 0.0340. The second-order valence-corrected chi connectivity index (χ2v) is 12.8. The molecule has 0 amide bonds. The van der Waals surface area contributed by atoms with Crippen LogP contribution in [0.1, 0.15) is 50.3 Å². The lowest BCUT2D eigenvalue weighted by Gasteiger charge is -2.53. The van der Waals surface area contributed by atoms with E-state index in [-0.39, 0.29) is 18.6 Å². The van der Waals surface area contributed by atoms with E-state index in [4.69, 9.17) is 33.2 Å². The third-order valence-corrected chi connectivity index (χ3v) is 8.98. The van der Waals surface area contributed by atoms with Crippen LogP contribution in [0.3, 0.4) is 0 Å². The second kappa shape index (κ2) is 17.9. The monoisotopic (exact) mass is 664 g/mol. The molecule has 6 atom stereocenters. The van der Waals surface area contributed by atoms with E-state index in [1.807, 2.05) is 112 Å². The van der Waals surface area contributed by atoms with Crippen LogP contribution in [0.5, 0.6) is 11.5 Å². The molecule has 0 aromatic heterocycles.